The quantitative estimate of drug-likeness (QED) is 0.837. The van der Waals surface area contributed by atoms with E-state index in [0.717, 1.165) is 11.4 Å². The molecule has 106 valence electrons. The average molecular weight is 263 g/mol. The lowest BCUT2D eigenvalue weighted by Gasteiger charge is -2.32. The summed E-state index contributed by atoms with van der Waals surface area (Å²) in [5.41, 5.74) is 2.32. The Hall–Kier alpha value is -1.32. The zero-order valence-electron chi connectivity index (χ0n) is 12.9. The van der Waals surface area contributed by atoms with Gasteiger partial charge in [-0.1, -0.05) is 6.92 Å². The third-order valence-corrected chi connectivity index (χ3v) is 4.74. The van der Waals surface area contributed by atoms with Gasteiger partial charge in [0.05, 0.1) is 5.69 Å². The van der Waals surface area contributed by atoms with Gasteiger partial charge in [0, 0.05) is 18.8 Å². The minimum atomic E-state index is -0.233. The van der Waals surface area contributed by atoms with Gasteiger partial charge in [0.25, 0.3) is 0 Å². The lowest BCUT2D eigenvalue weighted by molar-refractivity contribution is -0.136. The summed E-state index contributed by atoms with van der Waals surface area (Å²) in [4.78, 5) is 14.5. The van der Waals surface area contributed by atoms with Crippen LogP contribution in [0.5, 0.6) is 0 Å². The third kappa shape index (κ3) is 2.53. The summed E-state index contributed by atoms with van der Waals surface area (Å²) in [6.07, 6.45) is 2.44. The first kappa shape index (κ1) is 14.1. The first-order valence-electron chi connectivity index (χ1n) is 7.06. The highest BCUT2D eigenvalue weighted by Gasteiger charge is 2.45. The molecule has 0 unspecified atom stereocenters. The SMILES string of the molecule is Cc1cc(C)n([C@H](C)C(=O)N(C)[C@@H](C)C2(C)CC2)n1. The van der Waals surface area contributed by atoms with Crippen molar-refractivity contribution >= 4 is 5.91 Å². The van der Waals surface area contributed by atoms with E-state index in [4.69, 9.17) is 0 Å². The largest absolute Gasteiger partial charge is 0.341 e. The molecule has 1 heterocycles. The molecule has 0 aliphatic heterocycles. The highest BCUT2D eigenvalue weighted by Crippen LogP contribution is 2.49. The molecule has 1 aromatic heterocycles. The van der Waals surface area contributed by atoms with Crippen molar-refractivity contribution in [2.75, 3.05) is 7.05 Å². The van der Waals surface area contributed by atoms with Gasteiger partial charge in [-0.2, -0.15) is 5.10 Å². The molecule has 1 fully saturated rings. The van der Waals surface area contributed by atoms with Gasteiger partial charge in [0.2, 0.25) is 5.91 Å². The summed E-state index contributed by atoms with van der Waals surface area (Å²) < 4.78 is 1.83. The summed E-state index contributed by atoms with van der Waals surface area (Å²) in [6, 6.07) is 2.07. The number of nitrogens with zero attached hydrogens (tertiary/aromatic N) is 3. The van der Waals surface area contributed by atoms with Gasteiger partial charge >= 0.3 is 0 Å². The van der Waals surface area contributed by atoms with Crippen LogP contribution in [0, 0.1) is 19.3 Å². The molecule has 0 aromatic carbocycles. The fourth-order valence-electron chi connectivity index (χ4n) is 2.71. The molecular weight excluding hydrogens is 238 g/mol. The zero-order chi connectivity index (χ0) is 14.4. The van der Waals surface area contributed by atoms with E-state index in [1.54, 1.807) is 0 Å². The topological polar surface area (TPSA) is 38.1 Å². The molecule has 19 heavy (non-hydrogen) atoms. The Kier molecular flexibility index (Phi) is 3.45. The minimum Gasteiger partial charge on any atom is -0.341 e. The van der Waals surface area contributed by atoms with E-state index in [1.807, 2.05) is 43.5 Å². The summed E-state index contributed by atoms with van der Waals surface area (Å²) in [6.45, 7) is 10.3. The number of aromatic nitrogens is 2. The summed E-state index contributed by atoms with van der Waals surface area (Å²) >= 11 is 0. The van der Waals surface area contributed by atoms with Gasteiger partial charge in [-0.25, -0.2) is 0 Å². The highest BCUT2D eigenvalue weighted by molar-refractivity contribution is 5.80. The van der Waals surface area contributed by atoms with Gasteiger partial charge in [-0.3, -0.25) is 9.48 Å². The number of carbonyl (C=O) groups is 1. The van der Waals surface area contributed by atoms with Crippen molar-refractivity contribution in [2.24, 2.45) is 5.41 Å². The smallest absolute Gasteiger partial charge is 0.247 e. The van der Waals surface area contributed by atoms with Crippen LogP contribution in [0.3, 0.4) is 0 Å². The Morgan fingerprint density at radius 3 is 2.42 bits per heavy atom. The van der Waals surface area contributed by atoms with E-state index in [1.165, 1.54) is 12.8 Å². The molecule has 0 N–H and O–H groups in total. The number of rotatable bonds is 4. The fourth-order valence-corrected chi connectivity index (χ4v) is 2.71. The van der Waals surface area contributed by atoms with Crippen LogP contribution in [-0.2, 0) is 4.79 Å². The second-order valence-electron chi connectivity index (χ2n) is 6.33. The van der Waals surface area contributed by atoms with Crippen LogP contribution in [0.15, 0.2) is 6.07 Å². The van der Waals surface area contributed by atoms with Crippen molar-refractivity contribution in [3.8, 4) is 0 Å². The lowest BCUT2D eigenvalue weighted by Crippen LogP contribution is -2.43. The predicted molar refractivity (Wildman–Crippen MR) is 76.0 cm³/mol. The molecule has 1 saturated carbocycles. The Labute approximate surface area is 115 Å². The molecule has 1 aromatic rings. The van der Waals surface area contributed by atoms with E-state index < -0.39 is 0 Å². The Morgan fingerprint density at radius 1 is 1.42 bits per heavy atom. The Balaban J connectivity index is 2.12. The fraction of sp³-hybridized carbons (Fsp3) is 0.733. The molecular formula is C15H25N3O. The Morgan fingerprint density at radius 2 is 2.00 bits per heavy atom. The average Bonchev–Trinajstić information content (AvgIpc) is 3.02. The number of hydrogen-bond donors (Lipinski definition) is 0. The van der Waals surface area contributed by atoms with Crippen molar-refractivity contribution in [3.63, 3.8) is 0 Å². The summed E-state index contributed by atoms with van der Waals surface area (Å²) in [5.74, 6) is 0.145. The highest BCUT2D eigenvalue weighted by atomic mass is 16.2. The van der Waals surface area contributed by atoms with E-state index >= 15 is 0 Å². The summed E-state index contributed by atoms with van der Waals surface area (Å²) in [5, 5.41) is 4.42. The number of aryl methyl sites for hydroxylation is 2. The third-order valence-electron chi connectivity index (χ3n) is 4.74. The van der Waals surface area contributed by atoms with E-state index in [9.17, 15) is 4.79 Å². The second kappa shape index (κ2) is 4.66. The van der Waals surface area contributed by atoms with Gasteiger partial charge in [0.15, 0.2) is 0 Å². The van der Waals surface area contributed by atoms with Crippen LogP contribution < -0.4 is 0 Å². The van der Waals surface area contributed by atoms with Gasteiger partial charge < -0.3 is 4.90 Å². The second-order valence-corrected chi connectivity index (χ2v) is 6.33. The molecule has 2 rings (SSSR count). The molecule has 1 amide bonds. The number of likely N-dealkylation sites (N-methyl/N-ethyl adjacent to an activating group) is 1. The molecule has 4 nitrogen and oxygen atoms in total. The van der Waals surface area contributed by atoms with Crippen LogP contribution in [0.4, 0.5) is 0 Å². The van der Waals surface area contributed by atoms with Gasteiger partial charge in [-0.05, 0) is 52.0 Å². The van der Waals surface area contributed by atoms with Crippen LogP contribution in [-0.4, -0.2) is 33.7 Å². The molecule has 0 spiro atoms. The lowest BCUT2D eigenvalue weighted by atomic mass is 9.99. The van der Waals surface area contributed by atoms with Crippen molar-refractivity contribution in [1.29, 1.82) is 0 Å². The van der Waals surface area contributed by atoms with E-state index in [2.05, 4.69) is 18.9 Å². The van der Waals surface area contributed by atoms with Crippen LogP contribution in [0.25, 0.3) is 0 Å². The molecule has 4 heteroatoms. The molecule has 1 aliphatic rings. The minimum absolute atomic E-state index is 0.145. The molecule has 1 aliphatic carbocycles. The molecule has 0 saturated heterocycles. The maximum Gasteiger partial charge on any atom is 0.247 e. The first-order chi connectivity index (χ1) is 8.76. The van der Waals surface area contributed by atoms with Crippen LogP contribution in [0.2, 0.25) is 0 Å². The van der Waals surface area contributed by atoms with Crippen molar-refractivity contribution in [2.45, 2.75) is 59.5 Å². The first-order valence-corrected chi connectivity index (χ1v) is 7.06. The monoisotopic (exact) mass is 263 g/mol. The molecule has 2 atom stereocenters. The maximum atomic E-state index is 12.6. The zero-order valence-corrected chi connectivity index (χ0v) is 12.9. The number of hydrogen-bond acceptors (Lipinski definition) is 2. The number of carbonyl (C=O) groups excluding carboxylic acids is 1. The van der Waals surface area contributed by atoms with E-state index in [-0.39, 0.29) is 11.9 Å². The maximum absolute atomic E-state index is 12.6. The van der Waals surface area contributed by atoms with Gasteiger partial charge in [-0.15, -0.1) is 0 Å². The normalized spacial score (nSPS) is 19.9. The standard InChI is InChI=1S/C15H25N3O/c1-10-9-11(2)18(16-10)12(3)14(19)17(6)13(4)15(5)7-8-15/h9,12-13H,7-8H2,1-6H3/t12-,13+/m1/s1. The van der Waals surface area contributed by atoms with Crippen molar-refractivity contribution < 1.29 is 4.79 Å². The van der Waals surface area contributed by atoms with Crippen LogP contribution in [0.1, 0.15) is 51.0 Å². The predicted octanol–water partition coefficient (Wildman–Crippen LogP) is 2.71. The molecule has 0 radical (unpaired) electrons. The number of amides is 1. The van der Waals surface area contributed by atoms with E-state index in [0.29, 0.717) is 11.5 Å². The van der Waals surface area contributed by atoms with Gasteiger partial charge in [0.1, 0.15) is 6.04 Å². The summed E-state index contributed by atoms with van der Waals surface area (Å²) in [7, 11) is 1.92. The van der Waals surface area contributed by atoms with Crippen LogP contribution >= 0.6 is 0 Å². The van der Waals surface area contributed by atoms with Crippen molar-refractivity contribution in [1.82, 2.24) is 14.7 Å². The Bertz CT molecular complexity index is 488. The molecule has 0 bridgehead atoms. The van der Waals surface area contributed by atoms with Crippen molar-refractivity contribution in [3.05, 3.63) is 17.5 Å².